The van der Waals surface area contributed by atoms with Crippen LogP contribution in [0.1, 0.15) is 60.8 Å². The number of Topliss-reactive ketones (excluding diaryl/α,β-unsaturated/α-hetero) is 1. The molecule has 2 fully saturated rings. The van der Waals surface area contributed by atoms with Crippen molar-refractivity contribution >= 4 is 15.8 Å². The van der Waals surface area contributed by atoms with Gasteiger partial charge >= 0.3 is 0 Å². The maximum Gasteiger partial charge on any atom is 0.215 e. The maximum absolute atomic E-state index is 13.0. The lowest BCUT2D eigenvalue weighted by molar-refractivity contribution is -0.128. The standard InChI is InChI=1S/C16H29NO3S/c1-11(2)17(12(3)4)21(19,20)10-16-8-7-13(9-14(16)18)15(16,5)6/h11-13H,7-10H2,1-6H3/t13?,16-/m1/s1. The first-order valence-electron chi connectivity index (χ1n) is 8.00. The van der Waals surface area contributed by atoms with Gasteiger partial charge in [0.2, 0.25) is 10.0 Å². The first-order valence-corrected chi connectivity index (χ1v) is 9.61. The van der Waals surface area contributed by atoms with Gasteiger partial charge in [-0.3, -0.25) is 4.79 Å². The van der Waals surface area contributed by atoms with E-state index in [1.165, 1.54) is 0 Å². The number of hydrogen-bond acceptors (Lipinski definition) is 3. The van der Waals surface area contributed by atoms with E-state index in [2.05, 4.69) is 13.8 Å². The van der Waals surface area contributed by atoms with Crippen LogP contribution in [0, 0.1) is 16.7 Å². The van der Waals surface area contributed by atoms with Crippen LogP contribution in [0.4, 0.5) is 0 Å². The molecule has 5 heteroatoms. The van der Waals surface area contributed by atoms with E-state index in [9.17, 15) is 13.2 Å². The van der Waals surface area contributed by atoms with Crippen LogP contribution in [0.15, 0.2) is 0 Å². The molecule has 4 nitrogen and oxygen atoms in total. The summed E-state index contributed by atoms with van der Waals surface area (Å²) in [7, 11) is -3.44. The SMILES string of the molecule is CC(C)N(C(C)C)S(=O)(=O)C[C@]12CCC(CC1=O)C2(C)C. The molecule has 2 aliphatic rings. The Hall–Kier alpha value is -0.420. The molecule has 0 aromatic carbocycles. The topological polar surface area (TPSA) is 54.5 Å². The second kappa shape index (κ2) is 5.05. The number of nitrogens with zero attached hydrogens (tertiary/aromatic N) is 1. The molecule has 2 saturated carbocycles. The normalized spacial score (nSPS) is 31.9. The number of rotatable bonds is 5. The number of ketones is 1. The molecule has 0 aromatic heterocycles. The largest absolute Gasteiger partial charge is 0.299 e. The summed E-state index contributed by atoms with van der Waals surface area (Å²) >= 11 is 0. The zero-order valence-corrected chi connectivity index (χ0v) is 15.0. The van der Waals surface area contributed by atoms with E-state index in [0.29, 0.717) is 12.3 Å². The first kappa shape index (κ1) is 16.9. The van der Waals surface area contributed by atoms with E-state index >= 15 is 0 Å². The van der Waals surface area contributed by atoms with Crippen molar-refractivity contribution in [2.75, 3.05) is 5.75 Å². The molecule has 122 valence electrons. The molecular weight excluding hydrogens is 286 g/mol. The van der Waals surface area contributed by atoms with Gasteiger partial charge in [-0.15, -0.1) is 0 Å². The fourth-order valence-electron chi connectivity index (χ4n) is 4.73. The molecule has 2 atom stereocenters. The van der Waals surface area contributed by atoms with Gasteiger partial charge in [0.05, 0.1) is 5.75 Å². The fourth-order valence-corrected chi connectivity index (χ4v) is 7.47. The molecule has 0 saturated heterocycles. The Labute approximate surface area is 129 Å². The zero-order valence-electron chi connectivity index (χ0n) is 14.1. The van der Waals surface area contributed by atoms with Crippen LogP contribution in [0.5, 0.6) is 0 Å². The van der Waals surface area contributed by atoms with Crippen LogP contribution < -0.4 is 0 Å². The molecule has 2 bridgehead atoms. The Morgan fingerprint density at radius 1 is 1.19 bits per heavy atom. The Morgan fingerprint density at radius 2 is 1.71 bits per heavy atom. The summed E-state index contributed by atoms with van der Waals surface area (Å²) in [5.74, 6) is 0.505. The van der Waals surface area contributed by atoms with Crippen LogP contribution in [-0.4, -0.2) is 36.3 Å². The number of hydrogen-bond donors (Lipinski definition) is 0. The predicted molar refractivity (Wildman–Crippen MR) is 84.5 cm³/mol. The molecule has 0 aromatic rings. The van der Waals surface area contributed by atoms with Gasteiger partial charge in [0, 0.05) is 23.9 Å². The monoisotopic (exact) mass is 315 g/mol. The van der Waals surface area contributed by atoms with E-state index in [1.807, 2.05) is 27.7 Å². The summed E-state index contributed by atoms with van der Waals surface area (Å²) in [5.41, 5.74) is -0.866. The average Bonchev–Trinajstić information content (AvgIpc) is 2.60. The predicted octanol–water partition coefficient (Wildman–Crippen LogP) is 2.83. The van der Waals surface area contributed by atoms with Crippen LogP contribution in [0.3, 0.4) is 0 Å². The summed E-state index contributed by atoms with van der Waals surface area (Å²) in [6, 6.07) is -0.161. The summed E-state index contributed by atoms with van der Waals surface area (Å²) in [6.45, 7) is 11.8. The van der Waals surface area contributed by atoms with Crippen molar-refractivity contribution in [2.45, 2.75) is 72.9 Å². The van der Waals surface area contributed by atoms with Crippen LogP contribution in [-0.2, 0) is 14.8 Å². The summed E-state index contributed by atoms with van der Waals surface area (Å²) < 4.78 is 27.5. The van der Waals surface area contributed by atoms with Gasteiger partial charge in [-0.1, -0.05) is 13.8 Å². The van der Waals surface area contributed by atoms with Crippen LogP contribution >= 0.6 is 0 Å². The van der Waals surface area contributed by atoms with E-state index in [4.69, 9.17) is 0 Å². The van der Waals surface area contributed by atoms with Crippen LogP contribution in [0.25, 0.3) is 0 Å². The highest BCUT2D eigenvalue weighted by Crippen LogP contribution is 2.64. The molecular formula is C16H29NO3S. The lowest BCUT2D eigenvalue weighted by atomic mass is 9.70. The van der Waals surface area contributed by atoms with Gasteiger partial charge < -0.3 is 0 Å². The summed E-state index contributed by atoms with van der Waals surface area (Å²) in [4.78, 5) is 12.5. The van der Waals surface area contributed by atoms with Crippen molar-refractivity contribution in [3.63, 3.8) is 0 Å². The minimum absolute atomic E-state index is 0.0152. The van der Waals surface area contributed by atoms with Crippen LogP contribution in [0.2, 0.25) is 0 Å². The molecule has 0 heterocycles. The van der Waals surface area contributed by atoms with Crippen molar-refractivity contribution in [3.05, 3.63) is 0 Å². The molecule has 2 aliphatic carbocycles. The third-order valence-corrected chi connectivity index (χ3v) is 8.25. The molecule has 0 spiro atoms. The fraction of sp³-hybridized carbons (Fsp3) is 0.938. The zero-order chi connectivity index (χ0) is 16.2. The van der Waals surface area contributed by atoms with E-state index in [1.54, 1.807) is 4.31 Å². The third kappa shape index (κ3) is 2.37. The van der Waals surface area contributed by atoms with E-state index in [0.717, 1.165) is 12.8 Å². The summed E-state index contributed by atoms with van der Waals surface area (Å²) in [5, 5.41) is 0. The quantitative estimate of drug-likeness (QED) is 0.784. The Morgan fingerprint density at radius 3 is 2.05 bits per heavy atom. The van der Waals surface area contributed by atoms with Gasteiger partial charge in [0.25, 0.3) is 0 Å². The van der Waals surface area contributed by atoms with Crippen molar-refractivity contribution in [1.29, 1.82) is 0 Å². The number of fused-ring (bicyclic) bond motifs is 2. The van der Waals surface area contributed by atoms with Crippen molar-refractivity contribution in [2.24, 2.45) is 16.7 Å². The second-order valence-electron chi connectivity index (χ2n) is 7.94. The highest BCUT2D eigenvalue weighted by atomic mass is 32.2. The number of carbonyl (C=O) groups is 1. The van der Waals surface area contributed by atoms with Crippen molar-refractivity contribution < 1.29 is 13.2 Å². The smallest absolute Gasteiger partial charge is 0.215 e. The molecule has 0 radical (unpaired) electrons. The Kier molecular flexibility index (Phi) is 4.08. The van der Waals surface area contributed by atoms with Gasteiger partial charge in [-0.25, -0.2) is 8.42 Å². The maximum atomic E-state index is 13.0. The van der Waals surface area contributed by atoms with Crippen molar-refractivity contribution in [1.82, 2.24) is 4.31 Å². The lowest BCUT2D eigenvalue weighted by Crippen LogP contribution is -2.50. The highest BCUT2D eigenvalue weighted by Gasteiger charge is 2.65. The molecule has 0 aliphatic heterocycles. The Balaban J connectivity index is 2.38. The van der Waals surface area contributed by atoms with E-state index < -0.39 is 15.4 Å². The molecule has 2 rings (SSSR count). The summed E-state index contributed by atoms with van der Waals surface area (Å²) in [6.07, 6.45) is 2.27. The molecule has 1 unspecified atom stereocenters. The number of carbonyl (C=O) groups excluding carboxylic acids is 1. The Bertz CT molecular complexity index is 528. The molecule has 21 heavy (non-hydrogen) atoms. The second-order valence-corrected chi connectivity index (χ2v) is 9.81. The van der Waals surface area contributed by atoms with Gasteiger partial charge in [-0.2, -0.15) is 4.31 Å². The minimum atomic E-state index is -3.44. The minimum Gasteiger partial charge on any atom is -0.299 e. The van der Waals surface area contributed by atoms with Gasteiger partial charge in [0.1, 0.15) is 5.78 Å². The molecule has 0 amide bonds. The lowest BCUT2D eigenvalue weighted by Gasteiger charge is -2.39. The number of sulfonamides is 1. The van der Waals surface area contributed by atoms with E-state index in [-0.39, 0.29) is 29.0 Å². The highest BCUT2D eigenvalue weighted by molar-refractivity contribution is 7.89. The molecule has 0 N–H and O–H groups in total. The first-order chi connectivity index (χ1) is 9.45. The average molecular weight is 315 g/mol. The third-order valence-electron chi connectivity index (χ3n) is 5.91. The van der Waals surface area contributed by atoms with Gasteiger partial charge in [0.15, 0.2) is 0 Å². The van der Waals surface area contributed by atoms with Gasteiger partial charge in [-0.05, 0) is 51.9 Å². The van der Waals surface area contributed by atoms with Crippen molar-refractivity contribution in [3.8, 4) is 0 Å².